The Kier molecular flexibility index (Phi) is 4.11. The third-order valence-electron chi connectivity index (χ3n) is 4.57. The van der Waals surface area contributed by atoms with Crippen molar-refractivity contribution in [3.63, 3.8) is 0 Å². The van der Waals surface area contributed by atoms with Crippen LogP contribution in [-0.4, -0.2) is 26.2 Å². The van der Waals surface area contributed by atoms with Crippen LogP contribution in [0.3, 0.4) is 0 Å². The van der Waals surface area contributed by atoms with Crippen LogP contribution in [0.25, 0.3) is 5.82 Å². The van der Waals surface area contributed by atoms with Gasteiger partial charge >= 0.3 is 0 Å². The quantitative estimate of drug-likeness (QED) is 0.685. The fourth-order valence-corrected chi connectivity index (χ4v) is 3.23. The summed E-state index contributed by atoms with van der Waals surface area (Å²) in [7, 11) is 0. The summed E-state index contributed by atoms with van der Waals surface area (Å²) in [4.78, 5) is 18.1. The van der Waals surface area contributed by atoms with Crippen molar-refractivity contribution in [1.82, 2.24) is 19.7 Å². The smallest absolute Gasteiger partial charge is 0.206 e. The lowest BCUT2D eigenvalue weighted by Gasteiger charge is -2.26. The second kappa shape index (κ2) is 6.57. The second-order valence-corrected chi connectivity index (χ2v) is 6.39. The Morgan fingerprint density at radius 2 is 2.00 bits per heavy atom. The van der Waals surface area contributed by atoms with Crippen molar-refractivity contribution < 1.29 is 0 Å². The van der Waals surface area contributed by atoms with Gasteiger partial charge in [-0.2, -0.15) is 9.78 Å². The monoisotopic (exact) mass is 333 g/mol. The van der Waals surface area contributed by atoms with E-state index in [-0.39, 0.29) is 0 Å². The Labute approximate surface area is 146 Å². The molecule has 1 aromatic carbocycles. The lowest BCUT2D eigenvalue weighted by atomic mass is 10.1. The summed E-state index contributed by atoms with van der Waals surface area (Å²) >= 11 is 0. The maximum atomic E-state index is 11.5. The van der Waals surface area contributed by atoms with Crippen LogP contribution in [0.4, 0.5) is 5.82 Å². The largest absolute Gasteiger partial charge is 0.294 e. The van der Waals surface area contributed by atoms with E-state index in [4.69, 9.17) is 0 Å². The minimum absolute atomic E-state index is 0.363. The van der Waals surface area contributed by atoms with E-state index in [9.17, 15) is 4.91 Å². The van der Waals surface area contributed by atoms with E-state index in [2.05, 4.69) is 51.3 Å². The third kappa shape index (κ3) is 3.08. The number of nitroso groups, excluding NO2 is 1. The molecule has 6 nitrogen and oxygen atoms in total. The lowest BCUT2D eigenvalue weighted by molar-refractivity contribution is 0.245. The molecule has 1 aliphatic rings. The van der Waals surface area contributed by atoms with Crippen molar-refractivity contribution in [1.29, 1.82) is 0 Å². The molecular formula is C19H19N5O. The summed E-state index contributed by atoms with van der Waals surface area (Å²) in [6, 6.07) is 14.1. The first-order chi connectivity index (χ1) is 12.2. The summed E-state index contributed by atoms with van der Waals surface area (Å²) in [5.74, 6) is 0.985. The number of pyridine rings is 1. The number of aryl methyl sites for hydroxylation is 1. The van der Waals surface area contributed by atoms with Gasteiger partial charge in [-0.1, -0.05) is 35.9 Å². The first-order valence-electron chi connectivity index (χ1n) is 8.38. The van der Waals surface area contributed by atoms with Crippen molar-refractivity contribution in [2.75, 3.05) is 6.54 Å². The van der Waals surface area contributed by atoms with Crippen LogP contribution in [0.5, 0.6) is 0 Å². The number of benzene rings is 1. The maximum Gasteiger partial charge on any atom is 0.206 e. The zero-order valence-corrected chi connectivity index (χ0v) is 14.1. The molecule has 126 valence electrons. The van der Waals surface area contributed by atoms with Crippen molar-refractivity contribution in [3.05, 3.63) is 76.0 Å². The third-order valence-corrected chi connectivity index (χ3v) is 4.57. The molecule has 0 saturated carbocycles. The summed E-state index contributed by atoms with van der Waals surface area (Å²) in [5.41, 5.74) is 4.39. The minimum Gasteiger partial charge on any atom is -0.294 e. The number of nitrogens with zero attached hydrogens (tertiary/aromatic N) is 5. The summed E-state index contributed by atoms with van der Waals surface area (Å²) in [6.07, 6.45) is 2.50. The van der Waals surface area contributed by atoms with Gasteiger partial charge < -0.3 is 0 Å². The van der Waals surface area contributed by atoms with Crippen molar-refractivity contribution in [2.45, 2.75) is 26.4 Å². The molecule has 0 N–H and O–H groups in total. The van der Waals surface area contributed by atoms with Crippen LogP contribution in [0.2, 0.25) is 0 Å². The molecule has 0 aliphatic carbocycles. The zero-order valence-electron chi connectivity index (χ0n) is 14.1. The molecule has 0 fully saturated rings. The molecule has 1 aliphatic heterocycles. The Morgan fingerprint density at radius 1 is 1.16 bits per heavy atom. The Morgan fingerprint density at radius 3 is 2.72 bits per heavy atom. The van der Waals surface area contributed by atoms with Gasteiger partial charge in [0.15, 0.2) is 5.82 Å². The van der Waals surface area contributed by atoms with Gasteiger partial charge in [-0.05, 0) is 29.8 Å². The van der Waals surface area contributed by atoms with Gasteiger partial charge in [0.2, 0.25) is 5.82 Å². The summed E-state index contributed by atoms with van der Waals surface area (Å²) in [6.45, 7) is 4.54. The van der Waals surface area contributed by atoms with Crippen LogP contribution < -0.4 is 0 Å². The predicted octanol–water partition coefficient (Wildman–Crippen LogP) is 3.53. The van der Waals surface area contributed by atoms with E-state index < -0.39 is 0 Å². The first kappa shape index (κ1) is 15.7. The molecule has 6 heteroatoms. The highest BCUT2D eigenvalue weighted by Crippen LogP contribution is 2.30. The van der Waals surface area contributed by atoms with E-state index in [0.29, 0.717) is 18.2 Å². The molecule has 2 aromatic heterocycles. The fraction of sp³-hybridized carbons (Fsp3) is 0.263. The van der Waals surface area contributed by atoms with Crippen LogP contribution in [0.1, 0.15) is 22.4 Å². The van der Waals surface area contributed by atoms with E-state index in [1.807, 2.05) is 18.2 Å². The van der Waals surface area contributed by atoms with Crippen molar-refractivity contribution in [2.24, 2.45) is 5.18 Å². The van der Waals surface area contributed by atoms with Crippen LogP contribution in [0, 0.1) is 11.8 Å². The molecule has 0 amide bonds. The normalized spacial score (nSPS) is 14.3. The van der Waals surface area contributed by atoms with E-state index >= 15 is 0 Å². The molecule has 0 bridgehead atoms. The Bertz CT molecular complexity index is 886. The average molecular weight is 333 g/mol. The Hall–Kier alpha value is -2.86. The fourth-order valence-electron chi connectivity index (χ4n) is 3.23. The van der Waals surface area contributed by atoms with Gasteiger partial charge in [-0.3, -0.25) is 4.90 Å². The maximum absolute atomic E-state index is 11.5. The van der Waals surface area contributed by atoms with Gasteiger partial charge in [0.05, 0.1) is 5.69 Å². The second-order valence-electron chi connectivity index (χ2n) is 6.39. The summed E-state index contributed by atoms with van der Waals surface area (Å²) in [5, 5.41) is 7.84. The van der Waals surface area contributed by atoms with E-state index in [0.717, 1.165) is 30.8 Å². The number of hydrogen-bond acceptors (Lipinski definition) is 5. The van der Waals surface area contributed by atoms with Gasteiger partial charge in [-0.25, -0.2) is 4.98 Å². The number of aromatic nitrogens is 3. The van der Waals surface area contributed by atoms with Crippen molar-refractivity contribution in [3.8, 4) is 5.82 Å². The van der Waals surface area contributed by atoms with Gasteiger partial charge in [0.1, 0.15) is 0 Å². The predicted molar refractivity (Wildman–Crippen MR) is 95.8 cm³/mol. The lowest BCUT2D eigenvalue weighted by Crippen LogP contribution is -2.29. The van der Waals surface area contributed by atoms with Crippen LogP contribution in [0.15, 0.2) is 53.8 Å². The highest BCUT2D eigenvalue weighted by atomic mass is 16.3. The van der Waals surface area contributed by atoms with Crippen LogP contribution in [-0.2, 0) is 19.5 Å². The molecule has 0 spiro atoms. The first-order valence-corrected chi connectivity index (χ1v) is 8.38. The molecule has 3 heterocycles. The summed E-state index contributed by atoms with van der Waals surface area (Å²) < 4.78 is 1.56. The molecule has 0 atom stereocenters. The van der Waals surface area contributed by atoms with Crippen LogP contribution >= 0.6 is 0 Å². The molecular weight excluding hydrogens is 314 g/mol. The number of rotatable bonds is 4. The molecule has 4 rings (SSSR count). The SMILES string of the molecule is Cc1ccc(CN2CCc3nn(-c4ccccn4)c(N=O)c3C2)cc1. The van der Waals surface area contributed by atoms with Gasteiger partial charge in [-0.15, -0.1) is 4.91 Å². The minimum atomic E-state index is 0.363. The standard InChI is InChI=1S/C19H19N5O/c1-14-5-7-15(8-6-14)12-23-11-9-17-16(13-23)19(22-25)24(21-17)18-4-2-3-10-20-18/h2-8,10H,9,11-13H2,1H3. The van der Waals surface area contributed by atoms with E-state index in [1.54, 1.807) is 10.9 Å². The zero-order chi connectivity index (χ0) is 17.2. The highest BCUT2D eigenvalue weighted by molar-refractivity contribution is 5.48. The number of hydrogen-bond donors (Lipinski definition) is 0. The average Bonchev–Trinajstić information content (AvgIpc) is 3.02. The molecule has 3 aromatic rings. The topological polar surface area (TPSA) is 63.4 Å². The molecule has 0 radical (unpaired) electrons. The highest BCUT2D eigenvalue weighted by Gasteiger charge is 2.26. The molecule has 25 heavy (non-hydrogen) atoms. The van der Waals surface area contributed by atoms with E-state index in [1.165, 1.54) is 11.1 Å². The Balaban J connectivity index is 1.61. The van der Waals surface area contributed by atoms with Gasteiger partial charge in [0.25, 0.3) is 0 Å². The van der Waals surface area contributed by atoms with Gasteiger partial charge in [0, 0.05) is 37.8 Å². The molecule has 0 unspecified atom stereocenters. The molecule has 0 saturated heterocycles. The number of fused-ring (bicyclic) bond motifs is 1. The van der Waals surface area contributed by atoms with Crippen molar-refractivity contribution >= 4 is 5.82 Å².